The van der Waals surface area contributed by atoms with E-state index >= 15 is 0 Å². The highest BCUT2D eigenvalue weighted by Gasteiger charge is 2.07. The number of aromatic amines is 1. The molecule has 4 heteroatoms. The van der Waals surface area contributed by atoms with Gasteiger partial charge in [-0.3, -0.25) is 10.1 Å². The summed E-state index contributed by atoms with van der Waals surface area (Å²) in [6.07, 6.45) is -0.512. The molecule has 0 atom stereocenters. The molecule has 0 amide bonds. The van der Waals surface area contributed by atoms with Crippen molar-refractivity contribution in [1.82, 2.24) is 20.2 Å². The SMILES string of the molecule is [2H]c1nc(-c2nc(-c3c([2H])c([2H])c([2H])c([2H])c3[2H])n[nH]2)c([2H])c([2H])c1[2H]. The van der Waals surface area contributed by atoms with Crippen LogP contribution in [0.3, 0.4) is 0 Å². The topological polar surface area (TPSA) is 54.5 Å². The van der Waals surface area contributed by atoms with Crippen LogP contribution in [0.4, 0.5) is 0 Å². The van der Waals surface area contributed by atoms with E-state index in [1.54, 1.807) is 0 Å². The number of aromatic nitrogens is 4. The summed E-state index contributed by atoms with van der Waals surface area (Å²) in [6, 6.07) is -4.01. The first-order chi connectivity index (χ1) is 12.1. The molecule has 0 aliphatic rings. The van der Waals surface area contributed by atoms with Crippen molar-refractivity contribution < 1.29 is 12.3 Å². The van der Waals surface area contributed by atoms with Gasteiger partial charge in [-0.15, -0.1) is 0 Å². The van der Waals surface area contributed by atoms with E-state index in [1.165, 1.54) is 0 Å². The van der Waals surface area contributed by atoms with Gasteiger partial charge < -0.3 is 0 Å². The lowest BCUT2D eigenvalue weighted by atomic mass is 10.2. The summed E-state index contributed by atoms with van der Waals surface area (Å²) in [4.78, 5) is 7.76. The van der Waals surface area contributed by atoms with Crippen molar-refractivity contribution in [3.05, 3.63) is 54.5 Å². The summed E-state index contributed by atoms with van der Waals surface area (Å²) in [7, 11) is 0. The molecule has 0 aliphatic heterocycles. The van der Waals surface area contributed by atoms with E-state index in [9.17, 15) is 0 Å². The molecular weight excluding hydrogens is 212 g/mol. The predicted molar refractivity (Wildman–Crippen MR) is 65.0 cm³/mol. The molecule has 3 aromatic rings. The third-order valence-corrected chi connectivity index (χ3v) is 1.90. The molecule has 0 radical (unpaired) electrons. The number of rotatable bonds is 2. The lowest BCUT2D eigenvalue weighted by Gasteiger charge is -1.93. The van der Waals surface area contributed by atoms with Crippen LogP contribution in [0.1, 0.15) is 12.3 Å². The Balaban J connectivity index is 2.20. The van der Waals surface area contributed by atoms with Crippen molar-refractivity contribution in [2.75, 3.05) is 0 Å². The van der Waals surface area contributed by atoms with Crippen molar-refractivity contribution in [2.24, 2.45) is 0 Å². The molecule has 0 bridgehead atoms. The zero-order chi connectivity index (χ0) is 19.3. The maximum absolute atomic E-state index is 7.92. The Hall–Kier alpha value is -2.49. The molecule has 0 spiro atoms. The van der Waals surface area contributed by atoms with Crippen LogP contribution in [0.25, 0.3) is 22.9 Å². The molecule has 2 heterocycles. The average Bonchev–Trinajstić information content (AvgIpc) is 3.09. The summed E-state index contributed by atoms with van der Waals surface area (Å²) in [5.41, 5.74) is -0.415. The highest BCUT2D eigenvalue weighted by Crippen LogP contribution is 2.17. The van der Waals surface area contributed by atoms with Gasteiger partial charge in [-0.25, -0.2) is 4.98 Å². The van der Waals surface area contributed by atoms with Crippen LogP contribution in [-0.2, 0) is 0 Å². The van der Waals surface area contributed by atoms with Gasteiger partial charge in [-0.2, -0.15) is 5.10 Å². The highest BCUT2D eigenvalue weighted by atomic mass is 15.2. The van der Waals surface area contributed by atoms with Crippen molar-refractivity contribution in [3.8, 4) is 22.9 Å². The fraction of sp³-hybridized carbons (Fsp3) is 0. The van der Waals surface area contributed by atoms with E-state index in [2.05, 4.69) is 20.2 Å². The van der Waals surface area contributed by atoms with Gasteiger partial charge in [-0.05, 0) is 12.1 Å². The molecule has 0 unspecified atom stereocenters. The van der Waals surface area contributed by atoms with E-state index in [4.69, 9.17) is 12.3 Å². The molecule has 17 heavy (non-hydrogen) atoms. The fourth-order valence-electron chi connectivity index (χ4n) is 1.18. The molecule has 0 saturated heterocycles. The number of pyridine rings is 1. The molecule has 2 aromatic heterocycles. The van der Waals surface area contributed by atoms with Crippen molar-refractivity contribution in [2.45, 2.75) is 0 Å². The number of benzene rings is 1. The van der Waals surface area contributed by atoms with Gasteiger partial charge in [0.05, 0.1) is 12.3 Å². The first-order valence-electron chi connectivity index (χ1n) is 9.09. The van der Waals surface area contributed by atoms with E-state index in [1.807, 2.05) is 0 Å². The highest BCUT2D eigenvalue weighted by molar-refractivity contribution is 5.58. The van der Waals surface area contributed by atoms with E-state index in [0.717, 1.165) is 0 Å². The van der Waals surface area contributed by atoms with Crippen molar-refractivity contribution >= 4 is 0 Å². The number of nitrogens with one attached hydrogen (secondary N) is 1. The fourth-order valence-corrected chi connectivity index (χ4v) is 1.18. The molecule has 0 saturated carbocycles. The molecule has 0 fully saturated rings. The molecule has 0 aliphatic carbocycles. The third-order valence-electron chi connectivity index (χ3n) is 1.90. The zero-order valence-corrected chi connectivity index (χ0v) is 8.34. The van der Waals surface area contributed by atoms with Crippen molar-refractivity contribution in [1.29, 1.82) is 0 Å². The van der Waals surface area contributed by atoms with Crippen LogP contribution in [0.5, 0.6) is 0 Å². The minimum atomic E-state index is -0.543. The maximum Gasteiger partial charge on any atom is 0.181 e. The summed E-state index contributed by atoms with van der Waals surface area (Å²) < 4.78 is 69.4. The van der Waals surface area contributed by atoms with E-state index < -0.39 is 54.5 Å². The predicted octanol–water partition coefficient (Wildman–Crippen LogP) is 2.53. The average molecular weight is 231 g/mol. The Morgan fingerprint density at radius 1 is 1.00 bits per heavy atom. The second-order valence-corrected chi connectivity index (χ2v) is 2.95. The summed E-state index contributed by atoms with van der Waals surface area (Å²) in [5, 5.41) is 6.26. The molecule has 3 rings (SSSR count). The second-order valence-electron chi connectivity index (χ2n) is 2.95. The summed E-state index contributed by atoms with van der Waals surface area (Å²) in [5.74, 6) is -0.315. The van der Waals surface area contributed by atoms with Crippen LogP contribution >= 0.6 is 0 Å². The van der Waals surface area contributed by atoms with Gasteiger partial charge in [0, 0.05) is 11.7 Å². The van der Waals surface area contributed by atoms with Crippen LogP contribution < -0.4 is 0 Å². The van der Waals surface area contributed by atoms with Gasteiger partial charge in [-0.1, -0.05) is 36.3 Å². The molecule has 1 N–H and O–H groups in total. The number of hydrogen-bond donors (Lipinski definition) is 1. The quantitative estimate of drug-likeness (QED) is 0.737. The van der Waals surface area contributed by atoms with Gasteiger partial charge in [0.15, 0.2) is 11.6 Å². The molecule has 82 valence electrons. The van der Waals surface area contributed by atoms with Crippen LogP contribution in [0.15, 0.2) is 54.5 Å². The number of H-pyrrole nitrogens is 1. The molecular formula is C13H10N4. The normalized spacial score (nSPS) is 17.8. The standard InChI is InChI=1S/C13H10N4/c1-2-6-10(7-3-1)12-15-13(17-16-12)11-8-4-5-9-14-11/h1-9H,(H,15,16,17)/i1D,2D,3D,4D,5D,6D,7D,8D,9D. The van der Waals surface area contributed by atoms with E-state index in [0.29, 0.717) is 0 Å². The maximum atomic E-state index is 7.92. The Bertz CT molecular complexity index is 1020. The third kappa shape index (κ3) is 1.92. The summed E-state index contributed by atoms with van der Waals surface area (Å²) >= 11 is 0. The van der Waals surface area contributed by atoms with Crippen LogP contribution in [0, 0.1) is 0 Å². The van der Waals surface area contributed by atoms with E-state index in [-0.39, 0.29) is 22.9 Å². The van der Waals surface area contributed by atoms with Crippen LogP contribution in [-0.4, -0.2) is 20.2 Å². The molecule has 1 aromatic carbocycles. The Labute approximate surface area is 111 Å². The zero-order valence-electron chi connectivity index (χ0n) is 17.3. The summed E-state index contributed by atoms with van der Waals surface area (Å²) in [6.45, 7) is 0. The minimum absolute atomic E-state index is 0.112. The number of nitrogens with zero attached hydrogens (tertiary/aromatic N) is 3. The van der Waals surface area contributed by atoms with Gasteiger partial charge in [0.1, 0.15) is 5.69 Å². The van der Waals surface area contributed by atoms with Crippen LogP contribution in [0.2, 0.25) is 0 Å². The second kappa shape index (κ2) is 4.17. The number of hydrogen-bond acceptors (Lipinski definition) is 3. The monoisotopic (exact) mass is 231 g/mol. The largest absolute Gasteiger partial charge is 0.257 e. The Kier molecular flexibility index (Phi) is 0.999. The molecule has 4 nitrogen and oxygen atoms in total. The first kappa shape index (κ1) is 4.07. The van der Waals surface area contributed by atoms with Gasteiger partial charge >= 0.3 is 0 Å². The smallest absolute Gasteiger partial charge is 0.181 e. The Morgan fingerprint density at radius 2 is 1.82 bits per heavy atom. The first-order valence-corrected chi connectivity index (χ1v) is 4.59. The lowest BCUT2D eigenvalue weighted by molar-refractivity contribution is 1.09. The Morgan fingerprint density at radius 3 is 2.71 bits per heavy atom. The minimum Gasteiger partial charge on any atom is -0.257 e. The van der Waals surface area contributed by atoms with Crippen molar-refractivity contribution in [3.63, 3.8) is 0 Å². The van der Waals surface area contributed by atoms with Gasteiger partial charge in [0.25, 0.3) is 0 Å². The lowest BCUT2D eigenvalue weighted by Crippen LogP contribution is -1.84. The van der Waals surface area contributed by atoms with Gasteiger partial charge in [0.2, 0.25) is 0 Å².